The second-order valence-electron chi connectivity index (χ2n) is 1.65. The smallest absolute Gasteiger partial charge is 0.139 e. The van der Waals surface area contributed by atoms with E-state index < -0.39 is 0 Å². The van der Waals surface area contributed by atoms with Gasteiger partial charge in [-0.1, -0.05) is 11.6 Å². The maximum atomic E-state index is 6.63. The lowest BCUT2D eigenvalue weighted by molar-refractivity contribution is 1.41. The Morgan fingerprint density at radius 2 is 2.60 bits per heavy atom. The summed E-state index contributed by atoms with van der Waals surface area (Å²) in [6, 6.07) is 1.79. The fourth-order valence-electron chi connectivity index (χ4n) is 0.583. The maximum absolute atomic E-state index is 6.63. The van der Waals surface area contributed by atoms with Crippen LogP contribution in [0, 0.1) is 5.41 Å². The van der Waals surface area contributed by atoms with Crippen molar-refractivity contribution in [1.29, 1.82) is 5.41 Å². The molecule has 0 spiro atoms. The van der Waals surface area contributed by atoms with Crippen LogP contribution in [-0.2, 0) is 0 Å². The van der Waals surface area contributed by atoms with Gasteiger partial charge in [-0.3, -0.25) is 5.41 Å². The first-order valence-electron chi connectivity index (χ1n) is 2.70. The van der Waals surface area contributed by atoms with Gasteiger partial charge in [-0.25, -0.2) is 4.99 Å². The monoisotopic (exact) mass is 155 g/mol. The summed E-state index contributed by atoms with van der Waals surface area (Å²) >= 11 is 5.63. The van der Waals surface area contributed by atoms with Crippen molar-refractivity contribution in [3.05, 3.63) is 24.0 Å². The lowest BCUT2D eigenvalue weighted by Crippen LogP contribution is -1.86. The number of aromatic amines is 1. The van der Waals surface area contributed by atoms with Crippen molar-refractivity contribution < 1.29 is 0 Å². The van der Waals surface area contributed by atoms with Gasteiger partial charge in [-0.2, -0.15) is 0 Å². The molecular formula is C6H6ClN3. The van der Waals surface area contributed by atoms with Crippen molar-refractivity contribution in [3.63, 3.8) is 0 Å². The molecule has 0 aliphatic heterocycles. The Hall–Kier alpha value is -1.09. The minimum Gasteiger partial charge on any atom is -0.367 e. The molecule has 0 aromatic carbocycles. The van der Waals surface area contributed by atoms with Crippen LogP contribution in [0.1, 0.15) is 5.56 Å². The van der Waals surface area contributed by atoms with Crippen LogP contribution in [0.3, 0.4) is 0 Å². The van der Waals surface area contributed by atoms with Crippen molar-refractivity contribution in [2.24, 2.45) is 4.99 Å². The molecule has 0 atom stereocenters. The molecule has 0 unspecified atom stereocenters. The van der Waals surface area contributed by atoms with E-state index in [2.05, 4.69) is 9.98 Å². The van der Waals surface area contributed by atoms with Gasteiger partial charge in [0.25, 0.3) is 0 Å². The molecule has 0 fully saturated rings. The Morgan fingerprint density at radius 3 is 3.10 bits per heavy atom. The Bertz CT molecular complexity index is 238. The van der Waals surface area contributed by atoms with E-state index in [1.54, 1.807) is 18.5 Å². The quantitative estimate of drug-likeness (QED) is 0.482. The largest absolute Gasteiger partial charge is 0.367 e. The van der Waals surface area contributed by atoms with E-state index in [1.807, 2.05) is 0 Å². The van der Waals surface area contributed by atoms with Crippen LogP contribution in [0.2, 0.25) is 0 Å². The summed E-state index contributed by atoms with van der Waals surface area (Å²) in [5.41, 5.74) is 0.796. The molecule has 4 heteroatoms. The first-order chi connectivity index (χ1) is 4.84. The number of aliphatic imine (C=N–C) groups is 1. The van der Waals surface area contributed by atoms with Gasteiger partial charge in [-0.05, 0) is 6.07 Å². The van der Waals surface area contributed by atoms with E-state index in [1.165, 1.54) is 0 Å². The molecule has 0 saturated carbocycles. The molecule has 0 bridgehead atoms. The van der Waals surface area contributed by atoms with Crippen LogP contribution < -0.4 is 0 Å². The zero-order chi connectivity index (χ0) is 7.40. The number of H-pyrrole nitrogens is 1. The molecule has 52 valence electrons. The molecule has 0 aliphatic carbocycles. The van der Waals surface area contributed by atoms with E-state index in [4.69, 9.17) is 17.0 Å². The summed E-state index contributed by atoms with van der Waals surface area (Å²) in [5, 5.41) is 6.96. The summed E-state index contributed by atoms with van der Waals surface area (Å²) in [6.45, 7) is 0. The molecule has 1 rings (SSSR count). The van der Waals surface area contributed by atoms with Crippen LogP contribution >= 0.6 is 11.6 Å². The standard InChI is InChI=1S/C6H6ClN3/c7-6(10-4-8)5-1-2-9-3-5/h1-4,8-9H. The summed E-state index contributed by atoms with van der Waals surface area (Å²) in [5.74, 6) is 0. The van der Waals surface area contributed by atoms with Crippen molar-refractivity contribution in [2.75, 3.05) is 0 Å². The lowest BCUT2D eigenvalue weighted by atomic mass is 10.4. The molecule has 0 aliphatic rings. The van der Waals surface area contributed by atoms with Gasteiger partial charge in [0, 0.05) is 18.0 Å². The normalized spacial score (nSPS) is 11.5. The molecule has 1 aromatic heterocycles. The van der Waals surface area contributed by atoms with Crippen LogP contribution in [0.4, 0.5) is 0 Å². The van der Waals surface area contributed by atoms with Gasteiger partial charge < -0.3 is 4.98 Å². The third-order valence-electron chi connectivity index (χ3n) is 1.01. The molecule has 0 saturated heterocycles. The third-order valence-corrected chi connectivity index (χ3v) is 1.33. The molecule has 2 N–H and O–H groups in total. The minimum absolute atomic E-state index is 0.330. The average molecular weight is 156 g/mol. The fourth-order valence-corrected chi connectivity index (χ4v) is 0.750. The first-order valence-corrected chi connectivity index (χ1v) is 3.08. The summed E-state index contributed by atoms with van der Waals surface area (Å²) in [4.78, 5) is 6.40. The highest BCUT2D eigenvalue weighted by molar-refractivity contribution is 6.70. The Kier molecular flexibility index (Phi) is 2.23. The summed E-state index contributed by atoms with van der Waals surface area (Å²) in [6.07, 6.45) is 4.38. The van der Waals surface area contributed by atoms with Gasteiger partial charge in [0.1, 0.15) is 11.5 Å². The Balaban J connectivity index is 2.86. The molecule has 1 heterocycles. The Morgan fingerprint density at radius 1 is 1.80 bits per heavy atom. The molecule has 10 heavy (non-hydrogen) atoms. The maximum Gasteiger partial charge on any atom is 0.139 e. The van der Waals surface area contributed by atoms with E-state index in [0.29, 0.717) is 5.17 Å². The van der Waals surface area contributed by atoms with Crippen molar-refractivity contribution >= 4 is 23.1 Å². The van der Waals surface area contributed by atoms with E-state index in [9.17, 15) is 0 Å². The van der Waals surface area contributed by atoms with Gasteiger partial charge >= 0.3 is 0 Å². The van der Waals surface area contributed by atoms with Gasteiger partial charge in [-0.15, -0.1) is 0 Å². The molecular weight excluding hydrogens is 150 g/mol. The number of hydrogen-bond acceptors (Lipinski definition) is 1. The molecule has 1 aromatic rings. The number of halogens is 1. The second-order valence-corrected chi connectivity index (χ2v) is 2.01. The summed E-state index contributed by atoms with van der Waals surface area (Å²) in [7, 11) is 0. The SMILES string of the molecule is N=CN=C(Cl)c1cc[nH]c1. The number of nitrogens with zero attached hydrogens (tertiary/aromatic N) is 1. The van der Waals surface area contributed by atoms with Crippen molar-refractivity contribution in [2.45, 2.75) is 0 Å². The number of nitrogens with one attached hydrogen (secondary N) is 2. The van der Waals surface area contributed by atoms with Crippen LogP contribution in [-0.4, -0.2) is 16.5 Å². The van der Waals surface area contributed by atoms with Gasteiger partial charge in [0.05, 0.1) is 0 Å². The zero-order valence-electron chi connectivity index (χ0n) is 5.13. The second kappa shape index (κ2) is 3.17. The van der Waals surface area contributed by atoms with Crippen molar-refractivity contribution in [1.82, 2.24) is 4.98 Å². The van der Waals surface area contributed by atoms with Crippen LogP contribution in [0.15, 0.2) is 23.5 Å². The van der Waals surface area contributed by atoms with Crippen LogP contribution in [0.5, 0.6) is 0 Å². The number of aromatic nitrogens is 1. The van der Waals surface area contributed by atoms with E-state index >= 15 is 0 Å². The fraction of sp³-hybridized carbons (Fsp3) is 0. The molecule has 0 radical (unpaired) electrons. The zero-order valence-corrected chi connectivity index (χ0v) is 5.89. The average Bonchev–Trinajstić information content (AvgIpc) is 2.38. The Labute approximate surface area is 63.3 Å². The van der Waals surface area contributed by atoms with Crippen molar-refractivity contribution in [3.8, 4) is 0 Å². The van der Waals surface area contributed by atoms with Crippen LogP contribution in [0.25, 0.3) is 0 Å². The van der Waals surface area contributed by atoms with Gasteiger partial charge in [0.15, 0.2) is 0 Å². The highest BCUT2D eigenvalue weighted by Gasteiger charge is 1.96. The molecule has 0 amide bonds. The number of hydrogen-bond donors (Lipinski definition) is 2. The minimum atomic E-state index is 0.330. The highest BCUT2D eigenvalue weighted by Crippen LogP contribution is 2.02. The number of rotatable bonds is 2. The predicted octanol–water partition coefficient (Wildman–Crippen LogP) is 1.61. The van der Waals surface area contributed by atoms with Gasteiger partial charge in [0.2, 0.25) is 0 Å². The van der Waals surface area contributed by atoms with E-state index in [0.717, 1.165) is 11.9 Å². The molecule has 3 nitrogen and oxygen atoms in total. The highest BCUT2D eigenvalue weighted by atomic mass is 35.5. The topological polar surface area (TPSA) is 52.0 Å². The lowest BCUT2D eigenvalue weighted by Gasteiger charge is -1.86. The summed E-state index contributed by atoms with van der Waals surface area (Å²) < 4.78 is 0. The first kappa shape index (κ1) is 7.02. The predicted molar refractivity (Wildman–Crippen MR) is 42.0 cm³/mol. The van der Waals surface area contributed by atoms with E-state index in [-0.39, 0.29) is 0 Å². The third kappa shape index (κ3) is 1.45.